The third-order valence-corrected chi connectivity index (χ3v) is 5.03. The molecule has 0 aromatic heterocycles. The molecule has 1 atom stereocenters. The molecule has 0 spiro atoms. The summed E-state index contributed by atoms with van der Waals surface area (Å²) in [5.74, 6) is 0.780. The lowest BCUT2D eigenvalue weighted by Crippen LogP contribution is -2.42. The molecule has 114 valence electrons. The average molecular weight is 286 g/mol. The van der Waals surface area contributed by atoms with Crippen LogP contribution in [0.25, 0.3) is 0 Å². The third kappa shape index (κ3) is 3.13. The highest BCUT2D eigenvalue weighted by Crippen LogP contribution is 2.30. The summed E-state index contributed by atoms with van der Waals surface area (Å²) < 4.78 is 0. The summed E-state index contributed by atoms with van der Waals surface area (Å²) in [6.45, 7) is 5.23. The summed E-state index contributed by atoms with van der Waals surface area (Å²) >= 11 is 0. The van der Waals surface area contributed by atoms with Crippen molar-refractivity contribution in [1.29, 1.82) is 0 Å². The minimum Gasteiger partial charge on any atom is -0.336 e. The van der Waals surface area contributed by atoms with E-state index in [4.69, 9.17) is 0 Å². The van der Waals surface area contributed by atoms with Gasteiger partial charge >= 0.3 is 0 Å². The molecule has 3 heteroatoms. The number of amides is 1. The minimum absolute atomic E-state index is 0.247. The highest BCUT2D eigenvalue weighted by molar-refractivity contribution is 5.96. The number of hydrogen-bond donors (Lipinski definition) is 1. The number of piperidine rings is 2. The molecule has 2 heterocycles. The van der Waals surface area contributed by atoms with E-state index in [1.807, 2.05) is 12.1 Å². The Hall–Kier alpha value is -1.35. The van der Waals surface area contributed by atoms with E-state index in [9.17, 15) is 4.79 Å². The normalized spacial score (nSPS) is 24.0. The van der Waals surface area contributed by atoms with Gasteiger partial charge < -0.3 is 10.2 Å². The van der Waals surface area contributed by atoms with Crippen LogP contribution in [0, 0.1) is 0 Å². The fourth-order valence-corrected chi connectivity index (χ4v) is 3.74. The third-order valence-electron chi connectivity index (χ3n) is 5.03. The van der Waals surface area contributed by atoms with Crippen LogP contribution >= 0.6 is 0 Å². The molecule has 1 unspecified atom stereocenters. The lowest BCUT2D eigenvalue weighted by molar-refractivity contribution is 0.0633. The number of hydrogen-bond acceptors (Lipinski definition) is 2. The van der Waals surface area contributed by atoms with Crippen LogP contribution in [-0.2, 0) is 0 Å². The van der Waals surface area contributed by atoms with E-state index >= 15 is 0 Å². The van der Waals surface area contributed by atoms with Crippen molar-refractivity contribution in [3.8, 4) is 0 Å². The molecule has 1 amide bonds. The minimum atomic E-state index is 0.247. The van der Waals surface area contributed by atoms with Gasteiger partial charge in [-0.2, -0.15) is 0 Å². The average Bonchev–Trinajstić information content (AvgIpc) is 2.55. The van der Waals surface area contributed by atoms with E-state index in [1.54, 1.807) is 0 Å². The maximum atomic E-state index is 13.0. The van der Waals surface area contributed by atoms with Crippen LogP contribution in [0.4, 0.5) is 0 Å². The largest absolute Gasteiger partial charge is 0.336 e. The summed E-state index contributed by atoms with van der Waals surface area (Å²) in [6, 6.07) is 8.66. The first-order chi connectivity index (χ1) is 10.3. The zero-order valence-corrected chi connectivity index (χ0v) is 13.0. The molecule has 1 N–H and O–H groups in total. The molecular formula is C18H26N2O. The Morgan fingerprint density at radius 1 is 1.14 bits per heavy atom. The zero-order valence-electron chi connectivity index (χ0n) is 13.0. The van der Waals surface area contributed by atoms with Crippen molar-refractivity contribution in [3.63, 3.8) is 0 Å². The lowest BCUT2D eigenvalue weighted by Gasteiger charge is -2.34. The molecule has 0 aliphatic carbocycles. The molecule has 0 radical (unpaired) electrons. The van der Waals surface area contributed by atoms with Crippen LogP contribution in [0.15, 0.2) is 24.3 Å². The SMILES string of the molecule is CC1CCCCN1C(=O)c1ccccc1C1CCNCC1. The van der Waals surface area contributed by atoms with Gasteiger partial charge in [0.05, 0.1) is 0 Å². The van der Waals surface area contributed by atoms with Gasteiger partial charge in [0, 0.05) is 18.2 Å². The van der Waals surface area contributed by atoms with Crippen molar-refractivity contribution in [2.45, 2.75) is 51.0 Å². The van der Waals surface area contributed by atoms with Crippen LogP contribution in [0.5, 0.6) is 0 Å². The van der Waals surface area contributed by atoms with Crippen molar-refractivity contribution in [2.75, 3.05) is 19.6 Å². The van der Waals surface area contributed by atoms with Gasteiger partial charge in [-0.3, -0.25) is 4.79 Å². The summed E-state index contributed by atoms with van der Waals surface area (Å²) in [5.41, 5.74) is 2.21. The fourth-order valence-electron chi connectivity index (χ4n) is 3.74. The van der Waals surface area contributed by atoms with Gasteiger partial charge in [-0.05, 0) is 69.7 Å². The molecular weight excluding hydrogens is 260 g/mol. The second-order valence-electron chi connectivity index (χ2n) is 6.45. The summed E-state index contributed by atoms with van der Waals surface area (Å²) in [6.07, 6.45) is 5.81. The molecule has 21 heavy (non-hydrogen) atoms. The van der Waals surface area contributed by atoms with E-state index in [0.717, 1.165) is 50.9 Å². The van der Waals surface area contributed by atoms with Gasteiger partial charge in [-0.15, -0.1) is 0 Å². The van der Waals surface area contributed by atoms with Gasteiger partial charge in [0.15, 0.2) is 0 Å². The molecule has 0 bridgehead atoms. The highest BCUT2D eigenvalue weighted by Gasteiger charge is 2.27. The quantitative estimate of drug-likeness (QED) is 0.905. The van der Waals surface area contributed by atoms with Crippen molar-refractivity contribution < 1.29 is 4.79 Å². The Morgan fingerprint density at radius 3 is 2.67 bits per heavy atom. The van der Waals surface area contributed by atoms with Crippen LogP contribution in [0.2, 0.25) is 0 Å². The lowest BCUT2D eigenvalue weighted by atomic mass is 9.86. The van der Waals surface area contributed by atoms with Gasteiger partial charge in [-0.1, -0.05) is 18.2 Å². The number of carbonyl (C=O) groups excluding carboxylic acids is 1. The van der Waals surface area contributed by atoms with Crippen LogP contribution in [0.1, 0.15) is 60.9 Å². The predicted molar refractivity (Wildman–Crippen MR) is 85.6 cm³/mol. The number of nitrogens with one attached hydrogen (secondary N) is 1. The van der Waals surface area contributed by atoms with Gasteiger partial charge in [0.25, 0.3) is 5.91 Å². The number of likely N-dealkylation sites (tertiary alicyclic amines) is 1. The van der Waals surface area contributed by atoms with Gasteiger partial charge in [-0.25, -0.2) is 0 Å². The van der Waals surface area contributed by atoms with E-state index in [-0.39, 0.29) is 5.91 Å². The second-order valence-corrected chi connectivity index (χ2v) is 6.45. The van der Waals surface area contributed by atoms with Crippen molar-refractivity contribution in [1.82, 2.24) is 10.2 Å². The Kier molecular flexibility index (Phi) is 4.59. The monoisotopic (exact) mass is 286 g/mol. The molecule has 3 nitrogen and oxygen atoms in total. The molecule has 2 aliphatic rings. The Labute approximate surface area is 127 Å². The standard InChI is InChI=1S/C18H26N2O/c1-14-6-4-5-13-20(14)18(21)17-8-3-2-7-16(17)15-9-11-19-12-10-15/h2-3,7-8,14-15,19H,4-6,9-13H2,1H3. The maximum absolute atomic E-state index is 13.0. The summed E-state index contributed by atoms with van der Waals surface area (Å²) in [5, 5.41) is 3.41. The summed E-state index contributed by atoms with van der Waals surface area (Å²) in [4.78, 5) is 15.1. The molecule has 1 aromatic carbocycles. The van der Waals surface area contributed by atoms with E-state index in [1.165, 1.54) is 12.0 Å². The molecule has 2 aliphatic heterocycles. The first-order valence-corrected chi connectivity index (χ1v) is 8.38. The van der Waals surface area contributed by atoms with E-state index in [0.29, 0.717) is 12.0 Å². The Bertz CT molecular complexity index is 494. The van der Waals surface area contributed by atoms with Crippen molar-refractivity contribution >= 4 is 5.91 Å². The second kappa shape index (κ2) is 6.61. The number of carbonyl (C=O) groups is 1. The van der Waals surface area contributed by atoms with Gasteiger partial charge in [0.1, 0.15) is 0 Å². The van der Waals surface area contributed by atoms with E-state index < -0.39 is 0 Å². The van der Waals surface area contributed by atoms with Gasteiger partial charge in [0.2, 0.25) is 0 Å². The molecule has 3 rings (SSSR count). The fraction of sp³-hybridized carbons (Fsp3) is 0.611. The number of nitrogens with zero attached hydrogens (tertiary/aromatic N) is 1. The Balaban J connectivity index is 1.85. The Morgan fingerprint density at radius 2 is 1.90 bits per heavy atom. The van der Waals surface area contributed by atoms with Crippen LogP contribution in [-0.4, -0.2) is 36.5 Å². The maximum Gasteiger partial charge on any atom is 0.254 e. The number of benzene rings is 1. The first-order valence-electron chi connectivity index (χ1n) is 8.38. The molecule has 1 aromatic rings. The molecule has 2 fully saturated rings. The molecule has 2 saturated heterocycles. The predicted octanol–water partition coefficient (Wildman–Crippen LogP) is 3.17. The van der Waals surface area contributed by atoms with E-state index in [2.05, 4.69) is 29.3 Å². The zero-order chi connectivity index (χ0) is 14.7. The number of rotatable bonds is 2. The van der Waals surface area contributed by atoms with Crippen molar-refractivity contribution in [2.24, 2.45) is 0 Å². The van der Waals surface area contributed by atoms with Crippen LogP contribution < -0.4 is 5.32 Å². The highest BCUT2D eigenvalue weighted by atomic mass is 16.2. The van der Waals surface area contributed by atoms with Crippen LogP contribution in [0.3, 0.4) is 0 Å². The smallest absolute Gasteiger partial charge is 0.254 e. The first kappa shape index (κ1) is 14.6. The summed E-state index contributed by atoms with van der Waals surface area (Å²) in [7, 11) is 0. The topological polar surface area (TPSA) is 32.3 Å². The molecule has 0 saturated carbocycles. The van der Waals surface area contributed by atoms with Crippen molar-refractivity contribution in [3.05, 3.63) is 35.4 Å².